The molecule has 0 aliphatic heterocycles. The molecule has 2 amide bonds. The normalized spacial score (nSPS) is 10.8. The molecule has 0 saturated carbocycles. The fourth-order valence-electron chi connectivity index (χ4n) is 3.59. The van der Waals surface area contributed by atoms with Gasteiger partial charge in [-0.1, -0.05) is 47.8 Å². The second kappa shape index (κ2) is 12.5. The van der Waals surface area contributed by atoms with E-state index in [1.54, 1.807) is 50.2 Å². The number of benzene rings is 3. The third kappa shape index (κ3) is 7.09. The number of carbonyl (C=O) groups excluding carboxylic acids is 2. The molecule has 0 saturated heterocycles. The molecule has 1 heterocycles. The number of thioether (sulfide) groups is 2. The second-order valence-electron chi connectivity index (χ2n) is 8.55. The smallest absolute Gasteiger partial charge is 0.293 e. The number of hydrogen-bond acceptors (Lipinski definition) is 10. The van der Waals surface area contributed by atoms with Gasteiger partial charge in [-0.2, -0.15) is 0 Å². The first-order chi connectivity index (χ1) is 19.1. The third-order valence-electron chi connectivity index (χ3n) is 5.44. The lowest BCUT2D eigenvalue weighted by atomic mass is 10.2. The number of fused-ring (bicyclic) bond motifs is 1. The van der Waals surface area contributed by atoms with Gasteiger partial charge < -0.3 is 10.6 Å². The Morgan fingerprint density at radius 1 is 0.725 bits per heavy atom. The summed E-state index contributed by atoms with van der Waals surface area (Å²) in [5, 5.41) is 28.7. The number of aryl methyl sites for hydroxylation is 2. The van der Waals surface area contributed by atoms with Crippen molar-refractivity contribution in [2.75, 3.05) is 22.1 Å². The van der Waals surface area contributed by atoms with Crippen molar-refractivity contribution in [2.45, 2.75) is 23.9 Å². The monoisotopic (exact) mass is 578 g/mol. The second-order valence-corrected chi connectivity index (χ2v) is 10.5. The van der Waals surface area contributed by atoms with Crippen LogP contribution in [0.4, 0.5) is 22.7 Å². The number of aromatic nitrogens is 2. The molecule has 0 spiro atoms. The highest BCUT2D eigenvalue weighted by molar-refractivity contribution is 8.02. The van der Waals surface area contributed by atoms with Crippen LogP contribution in [0.5, 0.6) is 0 Å². The molecule has 0 aliphatic rings. The lowest BCUT2D eigenvalue weighted by Crippen LogP contribution is -2.16. The predicted molar refractivity (Wildman–Crippen MR) is 154 cm³/mol. The van der Waals surface area contributed by atoms with Crippen LogP contribution >= 0.6 is 23.5 Å². The lowest BCUT2D eigenvalue weighted by Gasteiger charge is -2.10. The number of nitrogens with zero attached hydrogens (tertiary/aromatic N) is 4. The highest BCUT2D eigenvalue weighted by Crippen LogP contribution is 2.32. The molecule has 14 heteroatoms. The van der Waals surface area contributed by atoms with E-state index >= 15 is 0 Å². The lowest BCUT2D eigenvalue weighted by molar-refractivity contribution is -0.384. The summed E-state index contributed by atoms with van der Waals surface area (Å²) in [5.41, 5.74) is 2.30. The van der Waals surface area contributed by atoms with Gasteiger partial charge in [0, 0.05) is 12.1 Å². The van der Waals surface area contributed by atoms with Crippen molar-refractivity contribution in [1.29, 1.82) is 0 Å². The minimum atomic E-state index is -0.560. The largest absolute Gasteiger partial charge is 0.320 e. The van der Waals surface area contributed by atoms with Crippen molar-refractivity contribution < 1.29 is 19.4 Å². The number of nitro groups is 2. The van der Waals surface area contributed by atoms with Gasteiger partial charge >= 0.3 is 0 Å². The summed E-state index contributed by atoms with van der Waals surface area (Å²) in [6.45, 7) is 3.43. The molecule has 3 aromatic carbocycles. The van der Waals surface area contributed by atoms with Gasteiger partial charge in [-0.25, -0.2) is 9.97 Å². The first kappa shape index (κ1) is 28.4. The molecular formula is C26H22N6O6S2. The molecule has 1 aromatic heterocycles. The predicted octanol–water partition coefficient (Wildman–Crippen LogP) is 5.52. The summed E-state index contributed by atoms with van der Waals surface area (Å²) >= 11 is 2.15. The number of para-hydroxylation sites is 2. The van der Waals surface area contributed by atoms with E-state index in [1.165, 1.54) is 24.3 Å². The maximum atomic E-state index is 12.7. The highest BCUT2D eigenvalue weighted by Gasteiger charge is 2.20. The molecule has 4 aromatic rings. The van der Waals surface area contributed by atoms with E-state index in [1.807, 2.05) is 0 Å². The zero-order chi connectivity index (χ0) is 28.8. The molecular weight excluding hydrogens is 556 g/mol. The van der Waals surface area contributed by atoms with Crippen LogP contribution < -0.4 is 10.6 Å². The molecule has 0 fully saturated rings. The molecule has 0 atom stereocenters. The Labute approximate surface area is 236 Å². The molecule has 0 unspecified atom stereocenters. The van der Waals surface area contributed by atoms with E-state index in [2.05, 4.69) is 20.6 Å². The van der Waals surface area contributed by atoms with Crippen molar-refractivity contribution in [2.24, 2.45) is 0 Å². The molecule has 4 rings (SSSR count). The Hall–Kier alpha value is -4.56. The molecule has 40 heavy (non-hydrogen) atoms. The summed E-state index contributed by atoms with van der Waals surface area (Å²) < 4.78 is 0. The van der Waals surface area contributed by atoms with Crippen molar-refractivity contribution in [3.63, 3.8) is 0 Å². The van der Waals surface area contributed by atoms with E-state index in [0.29, 0.717) is 32.2 Å². The number of amides is 2. The first-order valence-corrected chi connectivity index (χ1v) is 13.7. The minimum absolute atomic E-state index is 0.0854. The van der Waals surface area contributed by atoms with Gasteiger partial charge in [0.05, 0.1) is 32.4 Å². The van der Waals surface area contributed by atoms with Crippen LogP contribution in [0.1, 0.15) is 11.1 Å². The van der Waals surface area contributed by atoms with Gasteiger partial charge in [-0.3, -0.25) is 29.8 Å². The molecule has 0 bridgehead atoms. The SMILES string of the molecule is Cc1ccc(NC(=O)CSc2nc3ccccc3nc2SCC(=O)Nc2ccc(C)cc2[N+](=O)[O-])c([N+](=O)[O-])c1. The summed E-state index contributed by atoms with van der Waals surface area (Å²) in [5.74, 6) is -1.19. The minimum Gasteiger partial charge on any atom is -0.320 e. The van der Waals surface area contributed by atoms with E-state index < -0.39 is 21.7 Å². The number of hydrogen-bond donors (Lipinski definition) is 2. The number of rotatable bonds is 10. The van der Waals surface area contributed by atoms with Crippen molar-refractivity contribution in [3.8, 4) is 0 Å². The summed E-state index contributed by atoms with van der Waals surface area (Å²) in [4.78, 5) is 56.2. The zero-order valence-corrected chi connectivity index (χ0v) is 22.9. The van der Waals surface area contributed by atoms with E-state index in [9.17, 15) is 29.8 Å². The van der Waals surface area contributed by atoms with E-state index in [0.717, 1.165) is 23.5 Å². The Morgan fingerprint density at radius 2 is 1.12 bits per heavy atom. The number of nitrogens with one attached hydrogen (secondary N) is 2. The van der Waals surface area contributed by atoms with Gasteiger partial charge in [-0.05, 0) is 49.2 Å². The Morgan fingerprint density at radius 3 is 1.50 bits per heavy atom. The summed E-state index contributed by atoms with van der Waals surface area (Å²) in [6.07, 6.45) is 0. The van der Waals surface area contributed by atoms with Crippen molar-refractivity contribution in [1.82, 2.24) is 9.97 Å². The van der Waals surface area contributed by atoms with Crippen LogP contribution in [0.15, 0.2) is 70.7 Å². The van der Waals surface area contributed by atoms with E-state index in [-0.39, 0.29) is 34.3 Å². The highest BCUT2D eigenvalue weighted by atomic mass is 32.2. The topological polar surface area (TPSA) is 170 Å². The fourth-order valence-corrected chi connectivity index (χ4v) is 5.29. The average molecular weight is 579 g/mol. The summed E-state index contributed by atoms with van der Waals surface area (Å²) in [6, 6.07) is 16.1. The standard InChI is InChI=1S/C26H22N6O6S2/c1-15-7-9-19(21(11-15)31(35)36)27-23(33)13-39-25-26(30-18-6-4-3-5-17(18)29-25)40-14-24(34)28-20-10-8-16(2)12-22(20)32(37)38/h3-12H,13-14H2,1-2H3,(H,27,33)(H,28,34). The van der Waals surface area contributed by atoms with Gasteiger partial charge in [0.2, 0.25) is 11.8 Å². The number of nitro benzene ring substituents is 2. The maximum absolute atomic E-state index is 12.7. The van der Waals surface area contributed by atoms with Gasteiger partial charge in [0.15, 0.2) is 0 Å². The fraction of sp³-hybridized carbons (Fsp3) is 0.154. The third-order valence-corrected chi connectivity index (χ3v) is 7.50. The van der Waals surface area contributed by atoms with E-state index in [4.69, 9.17) is 0 Å². The quantitative estimate of drug-likeness (QED) is 0.139. The number of carbonyl (C=O) groups is 2. The van der Waals surface area contributed by atoms with Gasteiger partial charge in [-0.15, -0.1) is 0 Å². The Bertz CT molecular complexity index is 1530. The molecule has 2 N–H and O–H groups in total. The molecule has 12 nitrogen and oxygen atoms in total. The summed E-state index contributed by atoms with van der Waals surface area (Å²) in [7, 11) is 0. The first-order valence-electron chi connectivity index (χ1n) is 11.7. The average Bonchev–Trinajstić information content (AvgIpc) is 2.92. The van der Waals surface area contributed by atoms with Crippen LogP contribution in [0, 0.1) is 34.1 Å². The van der Waals surface area contributed by atoms with Crippen LogP contribution in [0.2, 0.25) is 0 Å². The van der Waals surface area contributed by atoms with Gasteiger partial charge in [0.1, 0.15) is 21.4 Å². The zero-order valence-electron chi connectivity index (χ0n) is 21.2. The van der Waals surface area contributed by atoms with Crippen molar-refractivity contribution >= 4 is 69.1 Å². The Balaban J connectivity index is 1.48. The molecule has 204 valence electrons. The Kier molecular flexibility index (Phi) is 8.91. The molecule has 0 aliphatic carbocycles. The molecule has 0 radical (unpaired) electrons. The van der Waals surface area contributed by atoms with Crippen LogP contribution in [0.25, 0.3) is 11.0 Å². The maximum Gasteiger partial charge on any atom is 0.293 e. The van der Waals surface area contributed by atoms with Crippen LogP contribution in [-0.4, -0.2) is 43.1 Å². The van der Waals surface area contributed by atoms with Crippen molar-refractivity contribution in [3.05, 3.63) is 92.0 Å². The van der Waals surface area contributed by atoms with Crippen LogP contribution in [-0.2, 0) is 9.59 Å². The number of anilines is 2. The van der Waals surface area contributed by atoms with Crippen LogP contribution in [0.3, 0.4) is 0 Å². The van der Waals surface area contributed by atoms with Gasteiger partial charge in [0.25, 0.3) is 11.4 Å².